The smallest absolute Gasteiger partial charge is 0.327 e. The highest BCUT2D eigenvalue weighted by Crippen LogP contribution is 2.30. The molecule has 0 bridgehead atoms. The summed E-state index contributed by atoms with van der Waals surface area (Å²) in [6.07, 6.45) is 4.29. The third-order valence-corrected chi connectivity index (χ3v) is 4.74. The number of benzene rings is 1. The largest absolute Gasteiger partial charge is 0.497 e. The highest BCUT2D eigenvalue weighted by Gasteiger charge is 2.29. The Bertz CT molecular complexity index is 740. The lowest BCUT2D eigenvalue weighted by Gasteiger charge is -2.29. The maximum absolute atomic E-state index is 13.0. The standard InChI is InChI=1S/C20H27N3O3/c1-20(2,3)17-13-18(22-26-17)21-19(24)23(14-7-5-6-8-14)15-9-11-16(25-4)12-10-15/h9-14H,5-8H2,1-4H3,(H,21,22,24). The fourth-order valence-electron chi connectivity index (χ4n) is 3.26. The Hall–Kier alpha value is -2.50. The van der Waals surface area contributed by atoms with Gasteiger partial charge in [0, 0.05) is 23.2 Å². The van der Waals surface area contributed by atoms with Crippen LogP contribution in [-0.4, -0.2) is 24.3 Å². The van der Waals surface area contributed by atoms with Crippen LogP contribution in [0.2, 0.25) is 0 Å². The van der Waals surface area contributed by atoms with Crippen LogP contribution < -0.4 is 15.0 Å². The molecular weight excluding hydrogens is 330 g/mol. The van der Waals surface area contributed by atoms with E-state index in [1.807, 2.05) is 49.9 Å². The van der Waals surface area contributed by atoms with Gasteiger partial charge in [0.25, 0.3) is 0 Å². The molecule has 6 nitrogen and oxygen atoms in total. The van der Waals surface area contributed by atoms with Crippen LogP contribution in [0.4, 0.5) is 16.3 Å². The van der Waals surface area contributed by atoms with E-state index < -0.39 is 0 Å². The number of carbonyl (C=O) groups excluding carboxylic acids is 1. The Morgan fingerprint density at radius 3 is 2.42 bits per heavy atom. The highest BCUT2D eigenvalue weighted by atomic mass is 16.5. The van der Waals surface area contributed by atoms with Gasteiger partial charge >= 0.3 is 6.03 Å². The Kier molecular flexibility index (Phi) is 5.20. The monoisotopic (exact) mass is 357 g/mol. The maximum atomic E-state index is 13.0. The zero-order valence-corrected chi connectivity index (χ0v) is 15.9. The van der Waals surface area contributed by atoms with Gasteiger partial charge in [-0.2, -0.15) is 0 Å². The van der Waals surface area contributed by atoms with Gasteiger partial charge in [0.15, 0.2) is 5.82 Å². The number of aromatic nitrogens is 1. The number of urea groups is 1. The van der Waals surface area contributed by atoms with Crippen LogP contribution >= 0.6 is 0 Å². The van der Waals surface area contributed by atoms with Crippen molar-refractivity contribution in [3.63, 3.8) is 0 Å². The van der Waals surface area contributed by atoms with E-state index >= 15 is 0 Å². The molecule has 1 aromatic carbocycles. The van der Waals surface area contributed by atoms with Crippen LogP contribution in [-0.2, 0) is 5.41 Å². The zero-order valence-electron chi connectivity index (χ0n) is 15.9. The summed E-state index contributed by atoms with van der Waals surface area (Å²) in [5, 5.41) is 6.89. The Morgan fingerprint density at radius 2 is 1.88 bits per heavy atom. The van der Waals surface area contributed by atoms with E-state index in [-0.39, 0.29) is 17.5 Å². The third-order valence-electron chi connectivity index (χ3n) is 4.74. The lowest BCUT2D eigenvalue weighted by atomic mass is 9.93. The van der Waals surface area contributed by atoms with Crippen molar-refractivity contribution in [2.24, 2.45) is 0 Å². The second-order valence-corrected chi connectivity index (χ2v) is 7.76. The van der Waals surface area contributed by atoms with Gasteiger partial charge in [0.1, 0.15) is 11.5 Å². The number of anilines is 2. The molecule has 0 saturated heterocycles. The predicted octanol–water partition coefficient (Wildman–Crippen LogP) is 4.96. The molecule has 1 saturated carbocycles. The number of ether oxygens (including phenoxy) is 1. The van der Waals surface area contributed by atoms with E-state index in [9.17, 15) is 4.79 Å². The van der Waals surface area contributed by atoms with E-state index in [0.29, 0.717) is 5.82 Å². The van der Waals surface area contributed by atoms with Gasteiger partial charge in [-0.15, -0.1) is 0 Å². The van der Waals surface area contributed by atoms with E-state index in [2.05, 4.69) is 10.5 Å². The van der Waals surface area contributed by atoms with Gasteiger partial charge < -0.3 is 9.26 Å². The number of nitrogens with one attached hydrogen (secondary N) is 1. The molecule has 2 amide bonds. The molecule has 0 aliphatic heterocycles. The predicted molar refractivity (Wildman–Crippen MR) is 102 cm³/mol. The van der Waals surface area contributed by atoms with Crippen LogP contribution in [0.25, 0.3) is 0 Å². The summed E-state index contributed by atoms with van der Waals surface area (Å²) in [5.41, 5.74) is 0.701. The molecule has 140 valence electrons. The summed E-state index contributed by atoms with van der Waals surface area (Å²) in [6, 6.07) is 9.38. The molecule has 3 rings (SSSR count). The van der Waals surface area contributed by atoms with Crippen LogP contribution in [0.15, 0.2) is 34.9 Å². The first-order chi connectivity index (χ1) is 12.4. The minimum Gasteiger partial charge on any atom is -0.497 e. The van der Waals surface area contributed by atoms with Crippen molar-refractivity contribution in [1.29, 1.82) is 0 Å². The summed E-state index contributed by atoms with van der Waals surface area (Å²) >= 11 is 0. The van der Waals surface area contributed by atoms with Gasteiger partial charge in [-0.3, -0.25) is 10.2 Å². The first-order valence-electron chi connectivity index (χ1n) is 9.10. The molecule has 1 fully saturated rings. The SMILES string of the molecule is COc1ccc(N(C(=O)Nc2cc(C(C)(C)C)on2)C2CCCC2)cc1. The molecule has 2 aromatic rings. The third kappa shape index (κ3) is 4.00. The molecule has 1 N–H and O–H groups in total. The molecule has 0 spiro atoms. The second kappa shape index (κ2) is 7.40. The summed E-state index contributed by atoms with van der Waals surface area (Å²) in [7, 11) is 1.63. The molecular formula is C20H27N3O3. The van der Waals surface area contributed by atoms with Crippen molar-refractivity contribution in [1.82, 2.24) is 5.16 Å². The van der Waals surface area contributed by atoms with Crippen LogP contribution in [0.3, 0.4) is 0 Å². The number of rotatable bonds is 4. The van der Waals surface area contributed by atoms with Gasteiger partial charge in [0.2, 0.25) is 0 Å². The Labute approximate surface area is 154 Å². The minimum absolute atomic E-state index is 0.156. The molecule has 26 heavy (non-hydrogen) atoms. The van der Waals surface area contributed by atoms with E-state index in [1.54, 1.807) is 13.2 Å². The molecule has 1 aliphatic rings. The molecule has 6 heteroatoms. The summed E-state index contributed by atoms with van der Waals surface area (Å²) in [6.45, 7) is 6.13. The van der Waals surface area contributed by atoms with Crippen LogP contribution in [0.1, 0.15) is 52.2 Å². The highest BCUT2D eigenvalue weighted by molar-refractivity contribution is 6.01. The van der Waals surface area contributed by atoms with Crippen LogP contribution in [0.5, 0.6) is 5.75 Å². The van der Waals surface area contributed by atoms with Crippen molar-refractivity contribution in [3.8, 4) is 5.75 Å². The fraction of sp³-hybridized carbons (Fsp3) is 0.500. The number of nitrogens with zero attached hydrogens (tertiary/aromatic N) is 2. The molecule has 1 aromatic heterocycles. The van der Waals surface area contributed by atoms with E-state index in [0.717, 1.165) is 42.9 Å². The van der Waals surface area contributed by atoms with E-state index in [1.165, 1.54) is 0 Å². The van der Waals surface area contributed by atoms with Crippen molar-refractivity contribution in [2.75, 3.05) is 17.3 Å². The zero-order chi connectivity index (χ0) is 18.7. The Morgan fingerprint density at radius 1 is 1.23 bits per heavy atom. The van der Waals surface area contributed by atoms with Gasteiger partial charge in [-0.1, -0.05) is 38.8 Å². The molecule has 1 aliphatic carbocycles. The molecule has 0 radical (unpaired) electrons. The quantitative estimate of drug-likeness (QED) is 0.839. The summed E-state index contributed by atoms with van der Waals surface area (Å²) in [4.78, 5) is 14.8. The summed E-state index contributed by atoms with van der Waals surface area (Å²) in [5.74, 6) is 1.95. The van der Waals surface area contributed by atoms with Gasteiger partial charge in [-0.25, -0.2) is 4.79 Å². The van der Waals surface area contributed by atoms with Crippen molar-refractivity contribution >= 4 is 17.5 Å². The molecule has 0 atom stereocenters. The Balaban J connectivity index is 1.81. The van der Waals surface area contributed by atoms with Gasteiger partial charge in [0.05, 0.1) is 7.11 Å². The number of hydrogen-bond acceptors (Lipinski definition) is 4. The number of amides is 2. The average Bonchev–Trinajstić information content (AvgIpc) is 3.27. The van der Waals surface area contributed by atoms with Crippen molar-refractivity contribution < 1.29 is 14.1 Å². The fourth-order valence-corrected chi connectivity index (χ4v) is 3.26. The van der Waals surface area contributed by atoms with Crippen molar-refractivity contribution in [2.45, 2.75) is 57.9 Å². The molecule has 0 unspecified atom stereocenters. The van der Waals surface area contributed by atoms with E-state index in [4.69, 9.17) is 9.26 Å². The van der Waals surface area contributed by atoms with Gasteiger partial charge in [-0.05, 0) is 37.1 Å². The lowest BCUT2D eigenvalue weighted by Crippen LogP contribution is -2.42. The number of methoxy groups -OCH3 is 1. The first-order valence-corrected chi connectivity index (χ1v) is 9.10. The maximum Gasteiger partial charge on any atom is 0.327 e. The normalized spacial score (nSPS) is 15.1. The molecule has 1 heterocycles. The van der Waals surface area contributed by atoms with Crippen molar-refractivity contribution in [3.05, 3.63) is 36.1 Å². The second-order valence-electron chi connectivity index (χ2n) is 7.76. The lowest BCUT2D eigenvalue weighted by molar-refractivity contribution is 0.254. The first kappa shape index (κ1) is 18.3. The topological polar surface area (TPSA) is 67.6 Å². The minimum atomic E-state index is -0.184. The summed E-state index contributed by atoms with van der Waals surface area (Å²) < 4.78 is 10.6. The van der Waals surface area contributed by atoms with Crippen LogP contribution in [0, 0.1) is 0 Å². The average molecular weight is 357 g/mol. The number of hydrogen-bond donors (Lipinski definition) is 1. The number of carbonyl (C=O) groups is 1.